The van der Waals surface area contributed by atoms with Crippen molar-refractivity contribution in [2.24, 2.45) is 0 Å². The maximum absolute atomic E-state index is 12.8. The average molecular weight is 1020 g/mol. The van der Waals surface area contributed by atoms with E-state index in [2.05, 4.69) is 98.9 Å². The van der Waals surface area contributed by atoms with Crippen LogP contribution in [0.4, 0.5) is 0 Å². The second-order valence-electron chi connectivity index (χ2n) is 20.3. The standard InChI is InChI=1S/C61H108NO8P/c1-6-8-10-12-14-16-18-20-22-24-25-26-27-28-29-30-31-32-33-34-35-36-37-38-40-42-44-46-48-50-52-54-61(64)70-59(58-69-71(65,66)68-56-55-62(3,4)5)57-67-60(63)53-51-49-47-45-43-41-39-23-21-19-17-15-13-11-9-7-2/h8,10,14,16-17,19-20,22-23,25-26,28-29,39,59H,6-7,9,11-13,15,18,21,24,27,30-38,40-58H2,1-5H3/p+1/b10-8-,16-14-,19-17-,22-20-,26-25-,29-28-,39-23-. The van der Waals surface area contributed by atoms with Crippen molar-refractivity contribution >= 4 is 19.8 Å². The molecule has 2 unspecified atom stereocenters. The zero-order valence-corrected chi connectivity index (χ0v) is 47.3. The largest absolute Gasteiger partial charge is 0.472 e. The fourth-order valence-electron chi connectivity index (χ4n) is 7.72. The number of hydrogen-bond donors (Lipinski definition) is 1. The number of unbranched alkanes of at least 4 members (excludes halogenated alkanes) is 24. The van der Waals surface area contributed by atoms with Crippen molar-refractivity contribution < 1.29 is 42.1 Å². The Bertz CT molecular complexity index is 1470. The van der Waals surface area contributed by atoms with E-state index >= 15 is 0 Å². The van der Waals surface area contributed by atoms with Gasteiger partial charge in [-0.1, -0.05) is 221 Å². The highest BCUT2D eigenvalue weighted by Gasteiger charge is 2.27. The first kappa shape index (κ1) is 68.2. The lowest BCUT2D eigenvalue weighted by Crippen LogP contribution is -2.37. The molecule has 9 nitrogen and oxygen atoms in total. The molecule has 0 aromatic carbocycles. The number of esters is 2. The van der Waals surface area contributed by atoms with E-state index in [4.69, 9.17) is 18.5 Å². The van der Waals surface area contributed by atoms with E-state index in [9.17, 15) is 19.0 Å². The lowest BCUT2D eigenvalue weighted by atomic mass is 10.0. The summed E-state index contributed by atoms with van der Waals surface area (Å²) in [5.74, 6) is -0.812. The molecule has 0 amide bonds. The van der Waals surface area contributed by atoms with Gasteiger partial charge in [-0.3, -0.25) is 18.6 Å². The molecule has 0 saturated heterocycles. The summed E-state index contributed by atoms with van der Waals surface area (Å²) in [5, 5.41) is 0. The van der Waals surface area contributed by atoms with E-state index in [0.29, 0.717) is 17.4 Å². The molecule has 0 bridgehead atoms. The van der Waals surface area contributed by atoms with Gasteiger partial charge in [0.05, 0.1) is 27.7 Å². The van der Waals surface area contributed by atoms with Crippen LogP contribution in [-0.4, -0.2) is 74.9 Å². The topological polar surface area (TPSA) is 108 Å². The molecule has 0 heterocycles. The third-order valence-corrected chi connectivity index (χ3v) is 13.1. The predicted molar refractivity (Wildman–Crippen MR) is 302 cm³/mol. The number of likely N-dealkylation sites (N-methyl/N-ethyl adjacent to an activating group) is 1. The molecule has 0 aromatic rings. The highest BCUT2D eigenvalue weighted by molar-refractivity contribution is 7.47. The Morgan fingerprint density at radius 3 is 1.20 bits per heavy atom. The number of allylic oxidation sites excluding steroid dienone is 14. The van der Waals surface area contributed by atoms with Crippen molar-refractivity contribution in [3.63, 3.8) is 0 Å². The number of rotatable bonds is 52. The lowest BCUT2D eigenvalue weighted by Gasteiger charge is -2.24. The van der Waals surface area contributed by atoms with Gasteiger partial charge in [-0.25, -0.2) is 4.57 Å². The number of nitrogens with zero attached hydrogens (tertiary/aromatic N) is 1. The normalized spacial score (nSPS) is 13.9. The summed E-state index contributed by atoms with van der Waals surface area (Å²) in [5.41, 5.74) is 0. The van der Waals surface area contributed by atoms with Crippen molar-refractivity contribution in [3.05, 3.63) is 85.1 Å². The third-order valence-electron chi connectivity index (χ3n) is 12.2. The number of phosphoric acid groups is 1. The van der Waals surface area contributed by atoms with E-state index in [1.807, 2.05) is 21.1 Å². The second-order valence-corrected chi connectivity index (χ2v) is 21.7. The van der Waals surface area contributed by atoms with Gasteiger partial charge in [0, 0.05) is 12.8 Å². The summed E-state index contributed by atoms with van der Waals surface area (Å²) in [4.78, 5) is 35.6. The molecule has 0 aliphatic rings. The minimum Gasteiger partial charge on any atom is -0.462 e. The van der Waals surface area contributed by atoms with E-state index in [1.165, 1.54) is 109 Å². The maximum atomic E-state index is 12.8. The molecule has 410 valence electrons. The molecule has 0 rings (SSSR count). The van der Waals surface area contributed by atoms with Gasteiger partial charge in [0.15, 0.2) is 6.10 Å². The Morgan fingerprint density at radius 2 is 0.803 bits per heavy atom. The number of carbonyl (C=O) groups is 2. The fraction of sp³-hybridized carbons (Fsp3) is 0.738. The molecule has 0 aliphatic carbocycles. The zero-order valence-electron chi connectivity index (χ0n) is 46.4. The Morgan fingerprint density at radius 1 is 0.451 bits per heavy atom. The van der Waals surface area contributed by atoms with Gasteiger partial charge in [0.2, 0.25) is 0 Å². The van der Waals surface area contributed by atoms with Crippen LogP contribution in [-0.2, 0) is 32.7 Å². The fourth-order valence-corrected chi connectivity index (χ4v) is 8.46. The molecule has 10 heteroatoms. The summed E-state index contributed by atoms with van der Waals surface area (Å²) >= 11 is 0. The summed E-state index contributed by atoms with van der Waals surface area (Å²) < 4.78 is 34.5. The van der Waals surface area contributed by atoms with Crippen molar-refractivity contribution in [2.75, 3.05) is 47.5 Å². The van der Waals surface area contributed by atoms with Gasteiger partial charge < -0.3 is 18.9 Å². The van der Waals surface area contributed by atoms with E-state index in [0.717, 1.165) is 96.3 Å². The number of ether oxygens (including phenoxy) is 2. The van der Waals surface area contributed by atoms with Gasteiger partial charge >= 0.3 is 19.8 Å². The van der Waals surface area contributed by atoms with Crippen LogP contribution in [0.5, 0.6) is 0 Å². The second kappa shape index (κ2) is 52.1. The molecule has 0 fully saturated rings. The lowest BCUT2D eigenvalue weighted by molar-refractivity contribution is -0.870. The highest BCUT2D eigenvalue weighted by Crippen LogP contribution is 2.43. The van der Waals surface area contributed by atoms with Crippen LogP contribution in [0, 0.1) is 0 Å². The highest BCUT2D eigenvalue weighted by atomic mass is 31.2. The van der Waals surface area contributed by atoms with E-state index < -0.39 is 26.5 Å². The SMILES string of the molecule is CC/C=C\C/C=C\C/C=C\C/C=C\C/C=C\CCCCCCCCCCCCCCCCCC(=O)OC(COC(=O)CCCCCCC/C=C\C/C=C\CCCCCC)COP(=O)(O)OCC[N+](C)(C)C. The Balaban J connectivity index is 4.12. The quantitative estimate of drug-likeness (QED) is 0.0211. The molecule has 71 heavy (non-hydrogen) atoms. The molecular formula is C61H109NO8P+. The molecule has 0 saturated carbocycles. The first-order chi connectivity index (χ1) is 34.5. The van der Waals surface area contributed by atoms with Crippen LogP contribution in [0.1, 0.15) is 239 Å². The maximum Gasteiger partial charge on any atom is 0.472 e. The van der Waals surface area contributed by atoms with Crippen LogP contribution in [0.3, 0.4) is 0 Å². The van der Waals surface area contributed by atoms with Crippen molar-refractivity contribution in [3.8, 4) is 0 Å². The van der Waals surface area contributed by atoms with Gasteiger partial charge in [0.25, 0.3) is 0 Å². The monoisotopic (exact) mass is 1010 g/mol. The molecular weight excluding hydrogens is 906 g/mol. The molecule has 1 N–H and O–H groups in total. The summed E-state index contributed by atoms with van der Waals surface area (Å²) in [6.45, 7) is 4.29. The van der Waals surface area contributed by atoms with Crippen LogP contribution < -0.4 is 0 Å². The molecule has 0 aliphatic heterocycles. The summed E-state index contributed by atoms with van der Waals surface area (Å²) in [6.07, 6.45) is 69.4. The number of quaternary nitrogens is 1. The number of phosphoric ester groups is 1. The minimum absolute atomic E-state index is 0.0268. The smallest absolute Gasteiger partial charge is 0.462 e. The third kappa shape index (κ3) is 56.3. The van der Waals surface area contributed by atoms with Crippen LogP contribution in [0.25, 0.3) is 0 Å². The van der Waals surface area contributed by atoms with E-state index in [1.54, 1.807) is 0 Å². The molecule has 0 aromatic heterocycles. The average Bonchev–Trinajstić information content (AvgIpc) is 3.33. The van der Waals surface area contributed by atoms with Crippen molar-refractivity contribution in [2.45, 2.75) is 245 Å². The molecule has 0 radical (unpaired) electrons. The Kier molecular flexibility index (Phi) is 50.0. The van der Waals surface area contributed by atoms with Crippen LogP contribution in [0.2, 0.25) is 0 Å². The molecule has 2 atom stereocenters. The van der Waals surface area contributed by atoms with Gasteiger partial charge in [-0.2, -0.15) is 0 Å². The predicted octanol–water partition coefficient (Wildman–Crippen LogP) is 17.9. The number of carbonyl (C=O) groups excluding carboxylic acids is 2. The summed E-state index contributed by atoms with van der Waals surface area (Å²) in [7, 11) is 1.47. The first-order valence-electron chi connectivity index (χ1n) is 28.8. The Labute approximate surface area is 437 Å². The van der Waals surface area contributed by atoms with Gasteiger partial charge in [0.1, 0.15) is 19.8 Å². The van der Waals surface area contributed by atoms with Crippen LogP contribution in [0.15, 0.2) is 85.1 Å². The van der Waals surface area contributed by atoms with Gasteiger partial charge in [-0.15, -0.1) is 0 Å². The zero-order chi connectivity index (χ0) is 52.0. The number of hydrogen-bond acceptors (Lipinski definition) is 7. The van der Waals surface area contributed by atoms with Gasteiger partial charge in [-0.05, 0) is 89.9 Å². The Hall–Kier alpha value is -2.81. The minimum atomic E-state index is -4.39. The van der Waals surface area contributed by atoms with Crippen LogP contribution >= 0.6 is 7.82 Å². The molecule has 0 spiro atoms. The van der Waals surface area contributed by atoms with E-state index in [-0.39, 0.29) is 32.0 Å². The van der Waals surface area contributed by atoms with Crippen molar-refractivity contribution in [1.82, 2.24) is 0 Å². The summed E-state index contributed by atoms with van der Waals surface area (Å²) in [6, 6.07) is 0. The first-order valence-corrected chi connectivity index (χ1v) is 30.3. The van der Waals surface area contributed by atoms with Crippen molar-refractivity contribution in [1.29, 1.82) is 0 Å².